The van der Waals surface area contributed by atoms with Crippen LogP contribution in [-0.2, 0) is 14.8 Å². The van der Waals surface area contributed by atoms with Gasteiger partial charge in [-0.1, -0.05) is 17.7 Å². The number of ether oxygens (including phenoxy) is 1. The zero-order valence-electron chi connectivity index (χ0n) is 19.0. The zero-order valence-corrected chi connectivity index (χ0v) is 19.8. The average Bonchev–Trinajstić information content (AvgIpc) is 3.31. The molecule has 3 rings (SSSR count). The summed E-state index contributed by atoms with van der Waals surface area (Å²) in [7, 11) is -3.87. The molecule has 0 aromatic heterocycles. The van der Waals surface area contributed by atoms with Crippen molar-refractivity contribution in [3.05, 3.63) is 57.6 Å². The summed E-state index contributed by atoms with van der Waals surface area (Å²) in [5.74, 6) is -1.12. The van der Waals surface area contributed by atoms with Crippen molar-refractivity contribution in [2.24, 2.45) is 0 Å². The van der Waals surface area contributed by atoms with Crippen LogP contribution in [0.1, 0.15) is 30.9 Å². The van der Waals surface area contributed by atoms with Crippen LogP contribution in [0.2, 0.25) is 0 Å². The first-order chi connectivity index (χ1) is 16.0. The fraction of sp³-hybridized carbons (Fsp3) is 0.364. The van der Waals surface area contributed by atoms with E-state index in [0.29, 0.717) is 18.8 Å². The van der Waals surface area contributed by atoms with E-state index in [4.69, 9.17) is 4.74 Å². The van der Waals surface area contributed by atoms with E-state index in [9.17, 15) is 28.1 Å². The van der Waals surface area contributed by atoms with Crippen LogP contribution in [0.4, 0.5) is 16.2 Å². The molecule has 0 saturated carbocycles. The molecule has 3 amide bonds. The lowest BCUT2D eigenvalue weighted by atomic mass is 10.1. The second-order valence-electron chi connectivity index (χ2n) is 8.02. The van der Waals surface area contributed by atoms with Gasteiger partial charge in [0.1, 0.15) is 0 Å². The first-order valence-electron chi connectivity index (χ1n) is 10.6. The summed E-state index contributed by atoms with van der Waals surface area (Å²) in [6.07, 6.45) is 0.183. The van der Waals surface area contributed by atoms with Gasteiger partial charge in [0.25, 0.3) is 5.91 Å². The maximum absolute atomic E-state index is 12.7. The number of imide groups is 1. The number of rotatable bonds is 7. The molecule has 0 aliphatic carbocycles. The van der Waals surface area contributed by atoms with E-state index in [-0.39, 0.29) is 10.6 Å². The molecule has 2 N–H and O–H groups in total. The normalized spacial score (nSPS) is 14.9. The Labute approximate surface area is 197 Å². The maximum atomic E-state index is 12.7. The summed E-state index contributed by atoms with van der Waals surface area (Å²) >= 11 is 0. The van der Waals surface area contributed by atoms with Crippen molar-refractivity contribution in [3.63, 3.8) is 0 Å². The summed E-state index contributed by atoms with van der Waals surface area (Å²) in [6.45, 7) is 5.75. The molecule has 34 heavy (non-hydrogen) atoms. The van der Waals surface area contributed by atoms with Gasteiger partial charge < -0.3 is 10.1 Å². The first-order valence-corrected chi connectivity index (χ1v) is 12.1. The number of carbonyl (C=O) groups excluding carboxylic acids is 2. The SMILES string of the molecule is Cc1ccc(NC(=O)NC(=O)C(C)Oc2ccc(S(=O)(=O)N3CCCC3)cc2[N+](=O)[O-])c(C)c1. The van der Waals surface area contributed by atoms with Crippen LogP contribution in [0.3, 0.4) is 0 Å². The van der Waals surface area contributed by atoms with Crippen molar-refractivity contribution in [2.75, 3.05) is 18.4 Å². The lowest BCUT2D eigenvalue weighted by Gasteiger charge is -2.17. The maximum Gasteiger partial charge on any atom is 0.325 e. The number of nitrogens with one attached hydrogen (secondary N) is 2. The van der Waals surface area contributed by atoms with Gasteiger partial charge in [-0.15, -0.1) is 0 Å². The molecule has 1 aliphatic heterocycles. The molecule has 11 nitrogen and oxygen atoms in total. The molecule has 1 aliphatic rings. The lowest BCUT2D eigenvalue weighted by molar-refractivity contribution is -0.386. The van der Waals surface area contributed by atoms with Crippen molar-refractivity contribution in [1.29, 1.82) is 0 Å². The Hall–Kier alpha value is -3.51. The van der Waals surface area contributed by atoms with Crippen LogP contribution in [0, 0.1) is 24.0 Å². The predicted molar refractivity (Wildman–Crippen MR) is 124 cm³/mol. The van der Waals surface area contributed by atoms with E-state index in [1.54, 1.807) is 6.07 Å². The van der Waals surface area contributed by atoms with Crippen LogP contribution >= 0.6 is 0 Å². The van der Waals surface area contributed by atoms with Gasteiger partial charge in [-0.2, -0.15) is 4.31 Å². The summed E-state index contributed by atoms with van der Waals surface area (Å²) in [4.78, 5) is 35.2. The third-order valence-corrected chi connectivity index (χ3v) is 7.26. The number of hydrogen-bond donors (Lipinski definition) is 2. The van der Waals surface area contributed by atoms with Gasteiger partial charge in [0.2, 0.25) is 10.0 Å². The minimum Gasteiger partial charge on any atom is -0.474 e. The van der Waals surface area contributed by atoms with Crippen molar-refractivity contribution >= 4 is 33.3 Å². The third-order valence-electron chi connectivity index (χ3n) is 5.37. The highest BCUT2D eigenvalue weighted by atomic mass is 32.2. The van der Waals surface area contributed by atoms with Crippen LogP contribution < -0.4 is 15.4 Å². The second-order valence-corrected chi connectivity index (χ2v) is 9.96. The molecule has 0 spiro atoms. The number of urea groups is 1. The van der Waals surface area contributed by atoms with Gasteiger partial charge in [-0.25, -0.2) is 13.2 Å². The summed E-state index contributed by atoms with van der Waals surface area (Å²) < 4.78 is 32.1. The number of sulfonamides is 1. The minimum absolute atomic E-state index is 0.224. The number of benzene rings is 2. The second kappa shape index (κ2) is 10.2. The number of hydrogen-bond acceptors (Lipinski definition) is 7. The molecule has 1 atom stereocenters. The Bertz CT molecular complexity index is 1220. The van der Waals surface area contributed by atoms with Crippen LogP contribution in [0.5, 0.6) is 5.75 Å². The highest BCUT2D eigenvalue weighted by Crippen LogP contribution is 2.32. The zero-order chi connectivity index (χ0) is 25.0. The number of nitrogens with zero attached hydrogens (tertiary/aromatic N) is 2. The van der Waals surface area contributed by atoms with E-state index in [1.165, 1.54) is 17.3 Å². The van der Waals surface area contributed by atoms with Crippen LogP contribution in [0.15, 0.2) is 41.3 Å². The number of aryl methyl sites for hydroxylation is 2. The molecular formula is C22H26N4O7S. The summed E-state index contributed by atoms with van der Waals surface area (Å²) in [5.41, 5.74) is 1.75. The molecule has 1 fully saturated rings. The summed E-state index contributed by atoms with van der Waals surface area (Å²) in [5, 5.41) is 16.2. The number of carbonyl (C=O) groups is 2. The summed E-state index contributed by atoms with van der Waals surface area (Å²) in [6, 6.07) is 7.86. The molecule has 0 bridgehead atoms. The van der Waals surface area contributed by atoms with E-state index in [1.807, 2.05) is 26.0 Å². The number of nitro groups is 1. The Morgan fingerprint density at radius 3 is 2.41 bits per heavy atom. The van der Waals surface area contributed by atoms with Crippen LogP contribution in [-0.4, -0.2) is 48.8 Å². The molecular weight excluding hydrogens is 464 g/mol. The highest BCUT2D eigenvalue weighted by Gasteiger charge is 2.30. The molecule has 1 unspecified atom stereocenters. The highest BCUT2D eigenvalue weighted by molar-refractivity contribution is 7.89. The van der Waals surface area contributed by atoms with Gasteiger partial charge in [0, 0.05) is 24.8 Å². The van der Waals surface area contributed by atoms with E-state index >= 15 is 0 Å². The smallest absolute Gasteiger partial charge is 0.325 e. The number of anilines is 1. The Balaban J connectivity index is 1.70. The third kappa shape index (κ3) is 5.69. The van der Waals surface area contributed by atoms with E-state index < -0.39 is 38.7 Å². The standard InChI is InChI=1S/C22H26N4O7S/c1-14-6-8-18(15(2)12-14)23-22(28)24-21(27)16(3)33-20-9-7-17(13-19(20)26(29)30)34(31,32)25-10-4-5-11-25/h6-9,12-13,16H,4-5,10-11H2,1-3H3,(H2,23,24,27,28). The number of amides is 3. The molecule has 1 saturated heterocycles. The van der Waals surface area contributed by atoms with Gasteiger partial charge in [-0.3, -0.25) is 20.2 Å². The predicted octanol–water partition coefficient (Wildman–Crippen LogP) is 3.11. The van der Waals surface area contributed by atoms with Gasteiger partial charge in [0.05, 0.1) is 9.82 Å². The molecule has 2 aromatic rings. The fourth-order valence-electron chi connectivity index (χ4n) is 3.54. The van der Waals surface area contributed by atoms with Gasteiger partial charge in [-0.05, 0) is 57.4 Å². The number of nitro benzene ring substituents is 1. The van der Waals surface area contributed by atoms with Crippen LogP contribution in [0.25, 0.3) is 0 Å². The van der Waals surface area contributed by atoms with Crippen molar-refractivity contribution in [2.45, 2.75) is 44.6 Å². The first kappa shape index (κ1) is 25.1. The van der Waals surface area contributed by atoms with Crippen molar-refractivity contribution < 1.29 is 27.7 Å². The molecule has 0 radical (unpaired) electrons. The van der Waals surface area contributed by atoms with E-state index in [2.05, 4.69) is 10.6 Å². The molecule has 1 heterocycles. The van der Waals surface area contributed by atoms with E-state index in [0.717, 1.165) is 36.1 Å². The molecule has 12 heteroatoms. The molecule has 2 aromatic carbocycles. The average molecular weight is 491 g/mol. The van der Waals surface area contributed by atoms with Crippen molar-refractivity contribution in [1.82, 2.24) is 9.62 Å². The van der Waals surface area contributed by atoms with Gasteiger partial charge in [0.15, 0.2) is 11.9 Å². The Morgan fingerprint density at radius 1 is 1.12 bits per heavy atom. The Morgan fingerprint density at radius 2 is 1.79 bits per heavy atom. The Kier molecular flexibility index (Phi) is 7.52. The minimum atomic E-state index is -3.87. The fourth-order valence-corrected chi connectivity index (χ4v) is 5.08. The largest absolute Gasteiger partial charge is 0.474 e. The lowest BCUT2D eigenvalue weighted by Crippen LogP contribution is -2.42. The van der Waals surface area contributed by atoms with Crippen molar-refractivity contribution in [3.8, 4) is 5.75 Å². The molecule has 182 valence electrons. The topological polar surface area (TPSA) is 148 Å². The quantitative estimate of drug-likeness (QED) is 0.447. The van der Waals surface area contributed by atoms with Gasteiger partial charge >= 0.3 is 11.7 Å². The monoisotopic (exact) mass is 490 g/mol.